The molecule has 0 fully saturated rings. The van der Waals surface area contributed by atoms with Crippen molar-refractivity contribution in [2.45, 2.75) is 13.0 Å². The zero-order valence-electron chi connectivity index (χ0n) is 15.7. The van der Waals surface area contributed by atoms with Crippen molar-refractivity contribution in [2.24, 2.45) is 5.92 Å². The predicted octanol–water partition coefficient (Wildman–Crippen LogP) is 2.35. The number of carbonyl (C=O) groups is 1. The first kappa shape index (κ1) is 18.0. The van der Waals surface area contributed by atoms with Crippen molar-refractivity contribution in [1.82, 2.24) is 20.0 Å². The minimum atomic E-state index is -0.256. The lowest BCUT2D eigenvalue weighted by molar-refractivity contribution is -0.136. The SMILES string of the molecule is COc1ccc2c(c1)OC[C@H](C(=O)N(C)Cc1nc(-c3ccncc3)no1)C2. The molecule has 0 saturated carbocycles. The second-order valence-corrected chi connectivity index (χ2v) is 6.63. The van der Waals surface area contributed by atoms with E-state index in [0.717, 1.165) is 22.6 Å². The van der Waals surface area contributed by atoms with Crippen molar-refractivity contribution in [3.8, 4) is 22.9 Å². The lowest BCUT2D eigenvalue weighted by Gasteiger charge is -2.27. The van der Waals surface area contributed by atoms with Crippen LogP contribution >= 0.6 is 0 Å². The number of methoxy groups -OCH3 is 1. The number of rotatable bonds is 5. The Morgan fingerprint density at radius 3 is 2.89 bits per heavy atom. The highest BCUT2D eigenvalue weighted by molar-refractivity contribution is 5.79. The van der Waals surface area contributed by atoms with Gasteiger partial charge in [0, 0.05) is 31.1 Å². The summed E-state index contributed by atoms with van der Waals surface area (Å²) in [5.74, 6) is 2.08. The number of carbonyl (C=O) groups excluding carboxylic acids is 1. The number of amides is 1. The molecule has 0 saturated heterocycles. The maximum absolute atomic E-state index is 12.8. The van der Waals surface area contributed by atoms with Gasteiger partial charge in [0.2, 0.25) is 17.6 Å². The van der Waals surface area contributed by atoms with Crippen LogP contribution in [0.2, 0.25) is 0 Å². The Balaban J connectivity index is 1.41. The van der Waals surface area contributed by atoms with E-state index >= 15 is 0 Å². The Hall–Kier alpha value is -3.42. The molecule has 0 bridgehead atoms. The van der Waals surface area contributed by atoms with Crippen LogP contribution in [0.25, 0.3) is 11.4 Å². The molecule has 4 rings (SSSR count). The van der Waals surface area contributed by atoms with Crippen LogP contribution in [0.3, 0.4) is 0 Å². The predicted molar refractivity (Wildman–Crippen MR) is 99.7 cm³/mol. The quantitative estimate of drug-likeness (QED) is 0.671. The number of hydrogen-bond donors (Lipinski definition) is 0. The van der Waals surface area contributed by atoms with Crippen molar-refractivity contribution < 1.29 is 18.8 Å². The summed E-state index contributed by atoms with van der Waals surface area (Å²) in [6.45, 7) is 0.568. The van der Waals surface area contributed by atoms with Crippen LogP contribution in [0.1, 0.15) is 11.5 Å². The monoisotopic (exact) mass is 380 g/mol. The molecule has 0 radical (unpaired) electrons. The van der Waals surface area contributed by atoms with Gasteiger partial charge < -0.3 is 18.9 Å². The summed E-state index contributed by atoms with van der Waals surface area (Å²) >= 11 is 0. The molecule has 0 aliphatic carbocycles. The number of nitrogens with zero attached hydrogens (tertiary/aromatic N) is 4. The Kier molecular flexibility index (Phi) is 4.92. The summed E-state index contributed by atoms with van der Waals surface area (Å²) in [5.41, 5.74) is 1.81. The Bertz CT molecular complexity index is 973. The third kappa shape index (κ3) is 3.66. The van der Waals surface area contributed by atoms with E-state index in [4.69, 9.17) is 14.0 Å². The number of pyridine rings is 1. The van der Waals surface area contributed by atoms with Gasteiger partial charge in [-0.1, -0.05) is 11.2 Å². The van der Waals surface area contributed by atoms with Gasteiger partial charge in [0.1, 0.15) is 18.1 Å². The minimum absolute atomic E-state index is 0.0230. The first-order valence-corrected chi connectivity index (χ1v) is 8.91. The molecule has 0 unspecified atom stereocenters. The first-order chi connectivity index (χ1) is 13.6. The van der Waals surface area contributed by atoms with Crippen LogP contribution in [0.5, 0.6) is 11.5 Å². The molecule has 28 heavy (non-hydrogen) atoms. The zero-order chi connectivity index (χ0) is 19.5. The topological polar surface area (TPSA) is 90.6 Å². The second kappa shape index (κ2) is 7.67. The highest BCUT2D eigenvalue weighted by Crippen LogP contribution is 2.31. The maximum atomic E-state index is 12.8. The van der Waals surface area contributed by atoms with E-state index in [0.29, 0.717) is 24.7 Å². The van der Waals surface area contributed by atoms with Crippen molar-refractivity contribution in [3.05, 3.63) is 54.2 Å². The number of hydrogen-bond acceptors (Lipinski definition) is 7. The van der Waals surface area contributed by atoms with Gasteiger partial charge in [-0.3, -0.25) is 9.78 Å². The van der Waals surface area contributed by atoms with Crippen molar-refractivity contribution in [1.29, 1.82) is 0 Å². The van der Waals surface area contributed by atoms with Crippen molar-refractivity contribution >= 4 is 5.91 Å². The van der Waals surface area contributed by atoms with Gasteiger partial charge in [0.15, 0.2) is 0 Å². The Morgan fingerprint density at radius 1 is 1.29 bits per heavy atom. The Labute approximate surface area is 162 Å². The molecule has 1 atom stereocenters. The second-order valence-electron chi connectivity index (χ2n) is 6.63. The molecular formula is C20H20N4O4. The van der Waals surface area contributed by atoms with Crippen LogP contribution < -0.4 is 9.47 Å². The van der Waals surface area contributed by atoms with Crippen LogP contribution in [0.4, 0.5) is 0 Å². The van der Waals surface area contributed by atoms with Crippen LogP contribution in [-0.4, -0.2) is 46.7 Å². The van der Waals surface area contributed by atoms with Gasteiger partial charge in [-0.25, -0.2) is 0 Å². The lowest BCUT2D eigenvalue weighted by Crippen LogP contribution is -2.38. The first-order valence-electron chi connectivity index (χ1n) is 8.91. The lowest BCUT2D eigenvalue weighted by atomic mass is 9.95. The standard InChI is InChI=1S/C20H20N4O4/c1-24(11-18-22-19(23-28-18)13-5-7-21-8-6-13)20(25)15-9-14-3-4-16(26-2)10-17(14)27-12-15/h3-8,10,15H,9,11-12H2,1-2H3/t15-/m1/s1. The molecule has 1 aromatic carbocycles. The number of aromatic nitrogens is 3. The van der Waals surface area contributed by atoms with Crippen LogP contribution in [0.15, 0.2) is 47.2 Å². The fourth-order valence-electron chi connectivity index (χ4n) is 3.17. The molecule has 8 nitrogen and oxygen atoms in total. The van der Waals surface area contributed by atoms with Gasteiger partial charge >= 0.3 is 0 Å². The molecule has 1 amide bonds. The number of benzene rings is 1. The van der Waals surface area contributed by atoms with Gasteiger partial charge in [0.05, 0.1) is 19.6 Å². The highest BCUT2D eigenvalue weighted by atomic mass is 16.5. The van der Waals surface area contributed by atoms with E-state index in [9.17, 15) is 4.79 Å². The Morgan fingerprint density at radius 2 is 2.11 bits per heavy atom. The number of fused-ring (bicyclic) bond motifs is 1. The molecule has 0 spiro atoms. The summed E-state index contributed by atoms with van der Waals surface area (Å²) in [7, 11) is 3.34. The zero-order valence-corrected chi connectivity index (χ0v) is 15.7. The third-order valence-electron chi connectivity index (χ3n) is 4.69. The van der Waals surface area contributed by atoms with Gasteiger partial charge in [-0.2, -0.15) is 4.98 Å². The summed E-state index contributed by atoms with van der Waals surface area (Å²) in [4.78, 5) is 22.8. The molecule has 0 N–H and O–H groups in total. The molecule has 2 aromatic heterocycles. The maximum Gasteiger partial charge on any atom is 0.246 e. The normalized spacial score (nSPS) is 15.4. The van der Waals surface area contributed by atoms with E-state index in [1.165, 1.54) is 0 Å². The van der Waals surface area contributed by atoms with Gasteiger partial charge in [0.25, 0.3) is 0 Å². The largest absolute Gasteiger partial charge is 0.497 e. The van der Waals surface area contributed by atoms with E-state index in [2.05, 4.69) is 15.1 Å². The molecule has 144 valence electrons. The van der Waals surface area contributed by atoms with Gasteiger partial charge in [-0.05, 0) is 30.2 Å². The summed E-state index contributed by atoms with van der Waals surface area (Å²) in [5, 5.41) is 3.97. The molecule has 3 heterocycles. The molecular weight excluding hydrogens is 360 g/mol. The molecule has 3 aromatic rings. The molecule has 8 heteroatoms. The molecule has 1 aliphatic heterocycles. The average Bonchev–Trinajstić information content (AvgIpc) is 3.21. The highest BCUT2D eigenvalue weighted by Gasteiger charge is 2.29. The third-order valence-corrected chi connectivity index (χ3v) is 4.69. The fraction of sp³-hybridized carbons (Fsp3) is 0.300. The van der Waals surface area contributed by atoms with E-state index < -0.39 is 0 Å². The number of ether oxygens (including phenoxy) is 2. The minimum Gasteiger partial charge on any atom is -0.497 e. The van der Waals surface area contributed by atoms with Crippen molar-refractivity contribution in [3.63, 3.8) is 0 Å². The van der Waals surface area contributed by atoms with Gasteiger partial charge in [-0.15, -0.1) is 0 Å². The summed E-state index contributed by atoms with van der Waals surface area (Å²) < 4.78 is 16.3. The van der Waals surface area contributed by atoms with E-state index in [1.807, 2.05) is 18.2 Å². The smallest absolute Gasteiger partial charge is 0.246 e. The fourth-order valence-corrected chi connectivity index (χ4v) is 3.17. The van der Waals surface area contributed by atoms with Crippen molar-refractivity contribution in [2.75, 3.05) is 20.8 Å². The average molecular weight is 380 g/mol. The summed E-state index contributed by atoms with van der Waals surface area (Å²) in [6.07, 6.45) is 3.95. The summed E-state index contributed by atoms with van der Waals surface area (Å²) in [6, 6.07) is 9.26. The van der Waals surface area contributed by atoms with Crippen LogP contribution in [-0.2, 0) is 17.8 Å². The molecule has 1 aliphatic rings. The van der Waals surface area contributed by atoms with E-state index in [-0.39, 0.29) is 18.4 Å². The van der Waals surface area contributed by atoms with Crippen LogP contribution in [0, 0.1) is 5.92 Å². The van der Waals surface area contributed by atoms with E-state index in [1.54, 1.807) is 43.6 Å².